The van der Waals surface area contributed by atoms with E-state index in [2.05, 4.69) is 66.3 Å². The van der Waals surface area contributed by atoms with Crippen molar-refractivity contribution in [1.82, 2.24) is 5.32 Å². The van der Waals surface area contributed by atoms with Gasteiger partial charge in [-0.2, -0.15) is 5.26 Å². The van der Waals surface area contributed by atoms with Crippen molar-refractivity contribution in [2.75, 3.05) is 11.9 Å². The van der Waals surface area contributed by atoms with Crippen LogP contribution in [0.25, 0.3) is 0 Å². The van der Waals surface area contributed by atoms with Crippen molar-refractivity contribution in [2.45, 2.75) is 38.6 Å². The van der Waals surface area contributed by atoms with Crippen LogP contribution in [-0.2, 0) is 11.2 Å². The second kappa shape index (κ2) is 10.7. The van der Waals surface area contributed by atoms with Crippen LogP contribution in [0.2, 0.25) is 0 Å². The summed E-state index contributed by atoms with van der Waals surface area (Å²) in [7, 11) is 0. The smallest absolute Gasteiger partial charge is 0.238 e. The number of carbonyl (C=O) groups excluding carboxylic acids is 1. The summed E-state index contributed by atoms with van der Waals surface area (Å²) >= 11 is 1.68. The molecule has 1 heterocycles. The van der Waals surface area contributed by atoms with Gasteiger partial charge in [-0.3, -0.25) is 10.1 Å². The molecular formula is C25H27N3OS. The fraction of sp³-hybridized carbons (Fsp3) is 0.280. The summed E-state index contributed by atoms with van der Waals surface area (Å²) in [5.74, 6) is 0.443. The molecule has 2 aromatic carbocycles. The quantitative estimate of drug-likeness (QED) is 0.473. The fourth-order valence-corrected chi connectivity index (χ4v) is 4.11. The lowest BCUT2D eigenvalue weighted by molar-refractivity contribution is -0.115. The van der Waals surface area contributed by atoms with Crippen molar-refractivity contribution in [3.05, 3.63) is 87.6 Å². The first kappa shape index (κ1) is 21.8. The molecule has 30 heavy (non-hydrogen) atoms. The standard InChI is InChI=1S/C25H27N3OS/c1-3-18(2)20-8-10-21(11-9-20)25(23-5-4-16-30-23)27-17-24(29)28-22-12-6-19(7-13-22)14-15-26/h4-13,16,18,25,27H,3,14,17H2,1-2H3,(H,28,29)/t18-,25+/m1/s1. The van der Waals surface area contributed by atoms with Gasteiger partial charge in [0, 0.05) is 10.6 Å². The topological polar surface area (TPSA) is 64.9 Å². The number of nitrogens with one attached hydrogen (secondary N) is 2. The molecule has 1 aromatic heterocycles. The van der Waals surface area contributed by atoms with Crippen LogP contribution in [0.3, 0.4) is 0 Å². The molecule has 154 valence electrons. The zero-order valence-corrected chi connectivity index (χ0v) is 18.2. The van der Waals surface area contributed by atoms with Gasteiger partial charge in [-0.1, -0.05) is 56.3 Å². The summed E-state index contributed by atoms with van der Waals surface area (Å²) in [6.45, 7) is 4.64. The molecule has 2 N–H and O–H groups in total. The summed E-state index contributed by atoms with van der Waals surface area (Å²) in [5.41, 5.74) is 4.16. The maximum absolute atomic E-state index is 12.5. The molecule has 0 saturated carbocycles. The van der Waals surface area contributed by atoms with Crippen molar-refractivity contribution in [3.63, 3.8) is 0 Å². The number of hydrogen-bond acceptors (Lipinski definition) is 4. The third-order valence-electron chi connectivity index (χ3n) is 5.27. The molecule has 0 fully saturated rings. The van der Waals surface area contributed by atoms with Crippen LogP contribution < -0.4 is 10.6 Å². The fourth-order valence-electron chi connectivity index (χ4n) is 3.29. The first-order valence-electron chi connectivity index (χ1n) is 10.2. The van der Waals surface area contributed by atoms with Gasteiger partial charge in [0.25, 0.3) is 0 Å². The number of nitriles is 1. The summed E-state index contributed by atoms with van der Waals surface area (Å²) in [6.07, 6.45) is 1.48. The predicted octanol–water partition coefficient (Wildman–Crippen LogP) is 5.65. The molecule has 3 rings (SSSR count). The van der Waals surface area contributed by atoms with E-state index in [0.717, 1.165) is 23.2 Å². The van der Waals surface area contributed by atoms with Crippen LogP contribution in [0.5, 0.6) is 0 Å². The monoisotopic (exact) mass is 417 g/mol. The molecule has 2 atom stereocenters. The minimum atomic E-state index is -0.0965. The third kappa shape index (κ3) is 5.79. The van der Waals surface area contributed by atoms with Gasteiger partial charge in [0.15, 0.2) is 0 Å². The predicted molar refractivity (Wildman–Crippen MR) is 124 cm³/mol. The van der Waals surface area contributed by atoms with Crippen molar-refractivity contribution >= 4 is 22.9 Å². The Morgan fingerprint density at radius 3 is 2.37 bits per heavy atom. The van der Waals surface area contributed by atoms with Crippen LogP contribution in [0, 0.1) is 11.3 Å². The number of nitrogens with zero attached hydrogens (tertiary/aromatic N) is 1. The zero-order valence-electron chi connectivity index (χ0n) is 17.4. The number of anilines is 1. The molecule has 1 amide bonds. The second-order valence-electron chi connectivity index (χ2n) is 7.39. The van der Waals surface area contributed by atoms with Crippen molar-refractivity contribution < 1.29 is 4.79 Å². The molecule has 0 radical (unpaired) electrons. The highest BCUT2D eigenvalue weighted by molar-refractivity contribution is 7.10. The SMILES string of the molecule is CC[C@@H](C)c1ccc([C@H](NCC(=O)Nc2ccc(CC#N)cc2)c2cccs2)cc1. The van der Waals surface area contributed by atoms with E-state index in [1.54, 1.807) is 11.3 Å². The van der Waals surface area contributed by atoms with E-state index in [-0.39, 0.29) is 18.5 Å². The summed E-state index contributed by atoms with van der Waals surface area (Å²) in [5, 5.41) is 17.1. The Morgan fingerprint density at radius 2 is 1.77 bits per heavy atom. The minimum Gasteiger partial charge on any atom is -0.325 e. The lowest BCUT2D eigenvalue weighted by atomic mass is 9.95. The van der Waals surface area contributed by atoms with Crippen molar-refractivity contribution in [2.24, 2.45) is 0 Å². The van der Waals surface area contributed by atoms with Crippen LogP contribution in [0.1, 0.15) is 53.8 Å². The van der Waals surface area contributed by atoms with Gasteiger partial charge in [0.05, 0.1) is 25.1 Å². The molecule has 3 aromatic rings. The summed E-state index contributed by atoms with van der Waals surface area (Å²) in [6, 6.07) is 22.3. The number of benzene rings is 2. The van der Waals surface area contributed by atoms with Crippen LogP contribution >= 0.6 is 11.3 Å². The summed E-state index contributed by atoms with van der Waals surface area (Å²) < 4.78 is 0. The molecule has 0 saturated heterocycles. The Hall–Kier alpha value is -2.94. The Kier molecular flexibility index (Phi) is 7.78. The average molecular weight is 418 g/mol. The van der Waals surface area contributed by atoms with Gasteiger partial charge >= 0.3 is 0 Å². The molecule has 0 unspecified atom stereocenters. The van der Waals surface area contributed by atoms with E-state index in [9.17, 15) is 4.79 Å². The lowest BCUT2D eigenvalue weighted by Gasteiger charge is -2.19. The number of carbonyl (C=O) groups is 1. The number of amides is 1. The van der Waals surface area contributed by atoms with Gasteiger partial charge in [0.1, 0.15) is 0 Å². The van der Waals surface area contributed by atoms with Crippen molar-refractivity contribution in [1.29, 1.82) is 5.26 Å². The Morgan fingerprint density at radius 1 is 1.07 bits per heavy atom. The van der Waals surface area contributed by atoms with E-state index < -0.39 is 0 Å². The Bertz CT molecular complexity index is 973. The molecule has 0 aliphatic carbocycles. The maximum Gasteiger partial charge on any atom is 0.238 e. The first-order valence-corrected chi connectivity index (χ1v) is 11.1. The average Bonchev–Trinajstić information content (AvgIpc) is 3.30. The lowest BCUT2D eigenvalue weighted by Crippen LogP contribution is -2.31. The summed E-state index contributed by atoms with van der Waals surface area (Å²) in [4.78, 5) is 13.7. The van der Waals surface area contributed by atoms with Crippen LogP contribution in [0.4, 0.5) is 5.69 Å². The molecule has 4 nitrogen and oxygen atoms in total. The first-order chi connectivity index (χ1) is 14.6. The van der Waals surface area contributed by atoms with Crippen molar-refractivity contribution in [3.8, 4) is 6.07 Å². The molecule has 0 aliphatic heterocycles. The van der Waals surface area contributed by atoms with E-state index in [4.69, 9.17) is 5.26 Å². The van der Waals surface area contributed by atoms with Gasteiger partial charge < -0.3 is 5.32 Å². The van der Waals surface area contributed by atoms with Crippen LogP contribution in [0.15, 0.2) is 66.0 Å². The van der Waals surface area contributed by atoms with E-state index in [1.165, 1.54) is 10.4 Å². The number of rotatable bonds is 9. The van der Waals surface area contributed by atoms with E-state index >= 15 is 0 Å². The highest BCUT2D eigenvalue weighted by Crippen LogP contribution is 2.28. The van der Waals surface area contributed by atoms with Gasteiger partial charge in [0.2, 0.25) is 5.91 Å². The van der Waals surface area contributed by atoms with Crippen LogP contribution in [-0.4, -0.2) is 12.5 Å². The third-order valence-corrected chi connectivity index (χ3v) is 6.20. The second-order valence-corrected chi connectivity index (χ2v) is 8.36. The molecule has 5 heteroatoms. The van der Waals surface area contributed by atoms with E-state index in [0.29, 0.717) is 12.3 Å². The highest BCUT2D eigenvalue weighted by Gasteiger charge is 2.17. The Labute approximate surface area is 182 Å². The van der Waals surface area contributed by atoms with Gasteiger partial charge in [-0.05, 0) is 52.6 Å². The largest absolute Gasteiger partial charge is 0.325 e. The number of thiophene rings is 1. The molecule has 0 bridgehead atoms. The Balaban J connectivity index is 1.66. The highest BCUT2D eigenvalue weighted by atomic mass is 32.1. The van der Waals surface area contributed by atoms with Gasteiger partial charge in [-0.25, -0.2) is 0 Å². The maximum atomic E-state index is 12.5. The normalized spacial score (nSPS) is 12.7. The molecular weight excluding hydrogens is 390 g/mol. The number of hydrogen-bond donors (Lipinski definition) is 2. The zero-order chi connectivity index (χ0) is 21.3. The van der Waals surface area contributed by atoms with Gasteiger partial charge in [-0.15, -0.1) is 11.3 Å². The molecule has 0 aliphatic rings. The van der Waals surface area contributed by atoms with E-state index in [1.807, 2.05) is 30.3 Å². The minimum absolute atomic E-state index is 0.0280. The molecule has 0 spiro atoms.